The molecule has 0 fully saturated rings. The van der Waals surface area contributed by atoms with Crippen molar-refractivity contribution < 1.29 is 19.0 Å². The van der Waals surface area contributed by atoms with Gasteiger partial charge in [-0.1, -0.05) is 0 Å². The monoisotopic (exact) mass is 423 g/mol. The van der Waals surface area contributed by atoms with Gasteiger partial charge >= 0.3 is 5.97 Å². The fourth-order valence-electron chi connectivity index (χ4n) is 1.87. The van der Waals surface area contributed by atoms with Crippen LogP contribution >= 0.6 is 22.6 Å². The van der Waals surface area contributed by atoms with E-state index in [9.17, 15) is 4.79 Å². The summed E-state index contributed by atoms with van der Waals surface area (Å²) in [5.41, 5.74) is 0.980. The Morgan fingerprint density at radius 2 is 2.00 bits per heavy atom. The van der Waals surface area contributed by atoms with Crippen molar-refractivity contribution in [2.75, 3.05) is 13.7 Å². The Kier molecular flexibility index (Phi) is 5.82. The maximum Gasteiger partial charge on any atom is 0.338 e. The molecule has 0 spiro atoms. The van der Waals surface area contributed by atoms with Crippen LogP contribution in [0.15, 0.2) is 36.4 Å². The van der Waals surface area contributed by atoms with Crippen LogP contribution in [-0.4, -0.2) is 19.7 Å². The van der Waals surface area contributed by atoms with Gasteiger partial charge < -0.3 is 14.2 Å². The predicted molar refractivity (Wildman–Crippen MR) is 92.9 cm³/mol. The summed E-state index contributed by atoms with van der Waals surface area (Å²) in [6, 6.07) is 12.1. The van der Waals surface area contributed by atoms with E-state index in [-0.39, 0.29) is 0 Å². The van der Waals surface area contributed by atoms with Crippen molar-refractivity contribution >= 4 is 28.6 Å². The van der Waals surface area contributed by atoms with E-state index in [0.717, 1.165) is 3.57 Å². The molecule has 5 nitrogen and oxygen atoms in total. The zero-order chi connectivity index (χ0) is 16.8. The second-order valence-electron chi connectivity index (χ2n) is 4.44. The topological polar surface area (TPSA) is 68.5 Å². The zero-order valence-corrected chi connectivity index (χ0v) is 14.8. The summed E-state index contributed by atoms with van der Waals surface area (Å²) in [6.45, 7) is 2.06. The Balaban J connectivity index is 2.28. The van der Waals surface area contributed by atoms with Gasteiger partial charge in [-0.15, -0.1) is 0 Å². The third kappa shape index (κ3) is 4.13. The summed E-state index contributed by atoms with van der Waals surface area (Å²) in [6.07, 6.45) is 0. The Morgan fingerprint density at radius 1 is 1.22 bits per heavy atom. The summed E-state index contributed by atoms with van der Waals surface area (Å²) >= 11 is 2.07. The first kappa shape index (κ1) is 17.1. The number of carbonyl (C=O) groups is 1. The molecular weight excluding hydrogens is 409 g/mol. The average Bonchev–Trinajstić information content (AvgIpc) is 2.55. The number of hydrogen-bond donors (Lipinski definition) is 0. The van der Waals surface area contributed by atoms with E-state index in [1.165, 1.54) is 7.11 Å². The molecule has 0 radical (unpaired) electrons. The third-order valence-electron chi connectivity index (χ3n) is 2.96. The molecule has 0 saturated carbocycles. The molecule has 23 heavy (non-hydrogen) atoms. The van der Waals surface area contributed by atoms with Crippen LogP contribution in [-0.2, 0) is 4.74 Å². The molecule has 2 aromatic rings. The summed E-state index contributed by atoms with van der Waals surface area (Å²) in [5.74, 6) is 1.07. The van der Waals surface area contributed by atoms with Gasteiger partial charge in [-0.3, -0.25) is 0 Å². The van der Waals surface area contributed by atoms with Crippen molar-refractivity contribution in [2.24, 2.45) is 0 Å². The van der Waals surface area contributed by atoms with E-state index in [4.69, 9.17) is 19.5 Å². The third-order valence-corrected chi connectivity index (χ3v) is 3.86. The van der Waals surface area contributed by atoms with Crippen molar-refractivity contribution in [3.05, 3.63) is 51.1 Å². The molecule has 2 aromatic carbocycles. The summed E-state index contributed by atoms with van der Waals surface area (Å²) in [7, 11) is 1.50. The highest BCUT2D eigenvalue weighted by molar-refractivity contribution is 14.1. The molecule has 0 aliphatic rings. The molecule has 0 heterocycles. The maximum absolute atomic E-state index is 11.7. The Labute approximate surface area is 147 Å². The van der Waals surface area contributed by atoms with E-state index >= 15 is 0 Å². The molecule has 118 valence electrons. The average molecular weight is 423 g/mol. The van der Waals surface area contributed by atoms with Crippen molar-refractivity contribution in [3.8, 4) is 23.3 Å². The number of nitrogens with zero attached hydrogens (tertiary/aromatic N) is 1. The molecule has 0 N–H and O–H groups in total. The van der Waals surface area contributed by atoms with Crippen LogP contribution < -0.4 is 9.47 Å². The number of hydrogen-bond acceptors (Lipinski definition) is 5. The highest BCUT2D eigenvalue weighted by Crippen LogP contribution is 2.33. The minimum absolute atomic E-state index is 0.309. The Hall–Kier alpha value is -2.27. The first-order valence-corrected chi connectivity index (χ1v) is 7.89. The number of nitriles is 1. The van der Waals surface area contributed by atoms with Crippen molar-refractivity contribution in [1.29, 1.82) is 5.26 Å². The number of carbonyl (C=O) groups excluding carboxylic acids is 1. The van der Waals surface area contributed by atoms with Gasteiger partial charge in [0.15, 0.2) is 11.5 Å². The van der Waals surface area contributed by atoms with E-state index in [0.29, 0.717) is 35.0 Å². The fourth-order valence-corrected chi connectivity index (χ4v) is 2.48. The van der Waals surface area contributed by atoms with Crippen LogP contribution in [0.2, 0.25) is 0 Å². The minimum atomic E-state index is -0.412. The predicted octanol–water partition coefficient (Wildman–Crippen LogP) is 4.14. The highest BCUT2D eigenvalue weighted by Gasteiger charge is 2.13. The van der Waals surface area contributed by atoms with Gasteiger partial charge in [-0.05, 0) is 65.9 Å². The van der Waals surface area contributed by atoms with Crippen molar-refractivity contribution in [2.45, 2.75) is 6.92 Å². The molecule has 0 aliphatic heterocycles. The fraction of sp³-hybridized carbons (Fsp3) is 0.176. The van der Waals surface area contributed by atoms with Gasteiger partial charge in [0, 0.05) is 3.57 Å². The lowest BCUT2D eigenvalue weighted by atomic mass is 10.2. The quantitative estimate of drug-likeness (QED) is 0.534. The second-order valence-corrected chi connectivity index (χ2v) is 5.60. The van der Waals surface area contributed by atoms with Gasteiger partial charge in [0.25, 0.3) is 0 Å². The lowest BCUT2D eigenvalue weighted by Gasteiger charge is -2.12. The number of methoxy groups -OCH3 is 1. The van der Waals surface area contributed by atoms with Crippen LogP contribution in [0.5, 0.6) is 17.2 Å². The van der Waals surface area contributed by atoms with Crippen molar-refractivity contribution in [1.82, 2.24) is 0 Å². The van der Waals surface area contributed by atoms with Crippen LogP contribution in [0.25, 0.3) is 0 Å². The van der Waals surface area contributed by atoms with Crippen LogP contribution in [0.4, 0.5) is 0 Å². The molecule has 2 rings (SSSR count). The molecule has 0 saturated heterocycles. The smallest absolute Gasteiger partial charge is 0.338 e. The molecule has 0 bridgehead atoms. The first-order chi connectivity index (χ1) is 11.1. The molecule has 0 unspecified atom stereocenters. The maximum atomic E-state index is 11.7. The van der Waals surface area contributed by atoms with Gasteiger partial charge in [0.1, 0.15) is 11.8 Å². The van der Waals surface area contributed by atoms with Crippen LogP contribution in [0, 0.1) is 14.9 Å². The summed E-state index contributed by atoms with van der Waals surface area (Å²) < 4.78 is 16.8. The molecule has 0 aromatic heterocycles. The number of benzene rings is 2. The van der Waals surface area contributed by atoms with Gasteiger partial charge in [-0.2, -0.15) is 5.26 Å². The number of ether oxygens (including phenoxy) is 3. The van der Waals surface area contributed by atoms with E-state index < -0.39 is 5.97 Å². The Morgan fingerprint density at radius 3 is 2.61 bits per heavy atom. The number of halogens is 1. The Bertz CT molecular complexity index is 768. The lowest BCUT2D eigenvalue weighted by Crippen LogP contribution is -2.05. The highest BCUT2D eigenvalue weighted by atomic mass is 127. The van der Waals surface area contributed by atoms with E-state index in [1.807, 2.05) is 0 Å². The second kappa shape index (κ2) is 7.83. The summed E-state index contributed by atoms with van der Waals surface area (Å²) in [5, 5.41) is 8.95. The zero-order valence-electron chi connectivity index (χ0n) is 12.6. The summed E-state index contributed by atoms with van der Waals surface area (Å²) in [4.78, 5) is 11.7. The van der Waals surface area contributed by atoms with E-state index in [2.05, 4.69) is 28.7 Å². The van der Waals surface area contributed by atoms with Gasteiger partial charge in [-0.25, -0.2) is 4.79 Å². The molecule has 0 atom stereocenters. The van der Waals surface area contributed by atoms with Crippen LogP contribution in [0.1, 0.15) is 22.8 Å². The normalized spacial score (nSPS) is 9.83. The molecule has 6 heteroatoms. The minimum Gasteiger partial charge on any atom is -0.493 e. The first-order valence-electron chi connectivity index (χ1n) is 6.81. The van der Waals surface area contributed by atoms with Gasteiger partial charge in [0.2, 0.25) is 0 Å². The van der Waals surface area contributed by atoms with Crippen LogP contribution in [0.3, 0.4) is 0 Å². The lowest BCUT2D eigenvalue weighted by molar-refractivity contribution is 0.0526. The van der Waals surface area contributed by atoms with Gasteiger partial charge in [0.05, 0.1) is 24.8 Å². The standard InChI is InChI=1S/C17H14INO4/c1-3-22-17(20)11-5-7-15(16(8-11)21-2)23-13-6-4-12(10-19)14(18)9-13/h4-9H,3H2,1-2H3. The molecule has 0 amide bonds. The number of rotatable bonds is 5. The number of esters is 1. The largest absolute Gasteiger partial charge is 0.493 e. The molecule has 0 aliphatic carbocycles. The molecular formula is C17H14INO4. The SMILES string of the molecule is CCOC(=O)c1ccc(Oc2ccc(C#N)c(I)c2)c(OC)c1. The van der Waals surface area contributed by atoms with Crippen molar-refractivity contribution in [3.63, 3.8) is 0 Å². The van der Waals surface area contributed by atoms with E-state index in [1.54, 1.807) is 43.3 Å².